The Kier molecular flexibility index (Phi) is 4.38. The number of rotatable bonds is 5. The van der Waals surface area contributed by atoms with Crippen molar-refractivity contribution in [3.8, 4) is 0 Å². The highest BCUT2D eigenvalue weighted by Gasteiger charge is 2.35. The fourth-order valence-corrected chi connectivity index (χ4v) is 2.77. The quantitative estimate of drug-likeness (QED) is 0.648. The summed E-state index contributed by atoms with van der Waals surface area (Å²) in [7, 11) is 4.19. The summed E-state index contributed by atoms with van der Waals surface area (Å²) in [6.07, 6.45) is 4.73. The minimum Gasteiger partial charge on any atom is -0.302 e. The highest BCUT2D eigenvalue weighted by atomic mass is 15.3. The van der Waals surface area contributed by atoms with Crippen LogP contribution in [0.3, 0.4) is 0 Å². The van der Waals surface area contributed by atoms with Crippen LogP contribution in [0.4, 0.5) is 0 Å². The molecule has 4 heteroatoms. The molecule has 2 rings (SSSR count). The van der Waals surface area contributed by atoms with Crippen molar-refractivity contribution in [2.75, 3.05) is 14.1 Å². The molecule has 0 aliphatic carbocycles. The Labute approximate surface area is 121 Å². The maximum atomic E-state index is 5.90. The van der Waals surface area contributed by atoms with Gasteiger partial charge in [0.1, 0.15) is 0 Å². The van der Waals surface area contributed by atoms with Crippen LogP contribution >= 0.6 is 0 Å². The molecule has 1 aromatic heterocycles. The SMILES string of the molecule is CCC(C)(C(NN)c1cccc2ccncc12)N(C)C. The van der Waals surface area contributed by atoms with Gasteiger partial charge in [-0.05, 0) is 44.5 Å². The number of benzene rings is 1. The van der Waals surface area contributed by atoms with Gasteiger partial charge in [-0.3, -0.25) is 16.3 Å². The molecule has 2 atom stereocenters. The molecule has 1 heterocycles. The normalized spacial score (nSPS) is 16.3. The Morgan fingerprint density at radius 3 is 2.70 bits per heavy atom. The van der Waals surface area contributed by atoms with E-state index in [0.29, 0.717) is 0 Å². The lowest BCUT2D eigenvalue weighted by atomic mass is 9.82. The molecule has 2 aromatic rings. The van der Waals surface area contributed by atoms with E-state index in [1.165, 1.54) is 10.9 Å². The molecule has 0 aliphatic rings. The minimum atomic E-state index is -0.0706. The molecule has 0 fully saturated rings. The number of likely N-dealkylation sites (N-methyl/N-ethyl adjacent to an activating group) is 1. The number of fused-ring (bicyclic) bond motifs is 1. The monoisotopic (exact) mass is 272 g/mol. The summed E-state index contributed by atoms with van der Waals surface area (Å²) in [6.45, 7) is 4.42. The molecule has 1 aromatic carbocycles. The second-order valence-electron chi connectivity index (χ2n) is 5.65. The maximum absolute atomic E-state index is 5.90. The number of nitrogens with two attached hydrogens (primary N) is 1. The lowest BCUT2D eigenvalue weighted by Crippen LogP contribution is -2.53. The first-order valence-electron chi connectivity index (χ1n) is 7.00. The van der Waals surface area contributed by atoms with Crippen LogP contribution in [0.1, 0.15) is 31.9 Å². The van der Waals surface area contributed by atoms with Crippen molar-refractivity contribution in [2.24, 2.45) is 5.84 Å². The molecule has 0 amide bonds. The molecule has 0 aliphatic heterocycles. The summed E-state index contributed by atoms with van der Waals surface area (Å²) < 4.78 is 0. The van der Waals surface area contributed by atoms with E-state index in [9.17, 15) is 0 Å². The first-order valence-corrected chi connectivity index (χ1v) is 7.00. The van der Waals surface area contributed by atoms with Crippen molar-refractivity contribution < 1.29 is 0 Å². The average molecular weight is 272 g/mol. The molecule has 2 unspecified atom stereocenters. The molecule has 3 N–H and O–H groups in total. The number of aromatic nitrogens is 1. The fourth-order valence-electron chi connectivity index (χ4n) is 2.77. The van der Waals surface area contributed by atoms with Crippen LogP contribution in [0.15, 0.2) is 36.7 Å². The molecule has 0 radical (unpaired) electrons. The third-order valence-electron chi connectivity index (χ3n) is 4.55. The van der Waals surface area contributed by atoms with Crippen molar-refractivity contribution in [3.63, 3.8) is 0 Å². The highest BCUT2D eigenvalue weighted by molar-refractivity contribution is 5.85. The van der Waals surface area contributed by atoms with Gasteiger partial charge in [0.25, 0.3) is 0 Å². The van der Waals surface area contributed by atoms with Crippen molar-refractivity contribution in [2.45, 2.75) is 31.8 Å². The number of nitrogens with one attached hydrogen (secondary N) is 1. The first kappa shape index (κ1) is 14.9. The van der Waals surface area contributed by atoms with Crippen molar-refractivity contribution >= 4 is 10.8 Å². The lowest BCUT2D eigenvalue weighted by Gasteiger charge is -2.42. The predicted octanol–water partition coefficient (Wildman–Crippen LogP) is 2.47. The van der Waals surface area contributed by atoms with E-state index < -0.39 is 0 Å². The van der Waals surface area contributed by atoms with E-state index in [4.69, 9.17) is 5.84 Å². The van der Waals surface area contributed by atoms with E-state index in [2.05, 4.69) is 61.5 Å². The number of hydrazine groups is 1. The summed E-state index contributed by atoms with van der Waals surface area (Å²) in [6, 6.07) is 8.38. The molecule has 4 nitrogen and oxygen atoms in total. The average Bonchev–Trinajstić information content (AvgIpc) is 2.47. The van der Waals surface area contributed by atoms with E-state index >= 15 is 0 Å². The molecule has 0 saturated heterocycles. The zero-order valence-corrected chi connectivity index (χ0v) is 12.7. The second-order valence-corrected chi connectivity index (χ2v) is 5.65. The molecular formula is C16H24N4. The van der Waals surface area contributed by atoms with Crippen LogP contribution in [0.5, 0.6) is 0 Å². The summed E-state index contributed by atoms with van der Waals surface area (Å²) in [5.74, 6) is 5.90. The maximum Gasteiger partial charge on any atom is 0.0647 e. The van der Waals surface area contributed by atoms with Crippen molar-refractivity contribution in [1.82, 2.24) is 15.3 Å². The Hall–Kier alpha value is -1.49. The number of pyridine rings is 1. The van der Waals surface area contributed by atoms with E-state index in [1.54, 1.807) is 0 Å². The minimum absolute atomic E-state index is 0.0374. The first-order chi connectivity index (χ1) is 9.54. The van der Waals surface area contributed by atoms with Crippen LogP contribution in [-0.2, 0) is 0 Å². The number of nitrogens with zero attached hydrogens (tertiary/aromatic N) is 2. The summed E-state index contributed by atoms with van der Waals surface area (Å²) in [5.41, 5.74) is 4.13. The van der Waals surface area contributed by atoms with Crippen LogP contribution in [0.25, 0.3) is 10.8 Å². The van der Waals surface area contributed by atoms with Gasteiger partial charge in [0.15, 0.2) is 0 Å². The van der Waals surface area contributed by atoms with Crippen molar-refractivity contribution in [1.29, 1.82) is 0 Å². The van der Waals surface area contributed by atoms with E-state index in [1.807, 2.05) is 18.5 Å². The lowest BCUT2D eigenvalue weighted by molar-refractivity contribution is 0.113. The zero-order valence-electron chi connectivity index (χ0n) is 12.7. The van der Waals surface area contributed by atoms with Crippen molar-refractivity contribution in [3.05, 3.63) is 42.2 Å². The van der Waals surface area contributed by atoms with Gasteiger partial charge in [-0.2, -0.15) is 0 Å². The molecule has 0 saturated carbocycles. The second kappa shape index (κ2) is 5.87. The van der Waals surface area contributed by atoms with Crippen LogP contribution in [0, 0.1) is 0 Å². The Morgan fingerprint density at radius 1 is 1.35 bits per heavy atom. The fraction of sp³-hybridized carbons (Fsp3) is 0.438. The third-order valence-corrected chi connectivity index (χ3v) is 4.55. The summed E-state index contributed by atoms with van der Waals surface area (Å²) >= 11 is 0. The van der Waals surface area contributed by atoms with Crippen LogP contribution < -0.4 is 11.3 Å². The van der Waals surface area contributed by atoms with Gasteiger partial charge in [0.05, 0.1) is 6.04 Å². The number of hydrogen-bond acceptors (Lipinski definition) is 4. The van der Waals surface area contributed by atoms with Gasteiger partial charge in [-0.25, -0.2) is 0 Å². The Morgan fingerprint density at radius 2 is 2.10 bits per heavy atom. The molecule has 20 heavy (non-hydrogen) atoms. The largest absolute Gasteiger partial charge is 0.302 e. The van der Waals surface area contributed by atoms with Crippen LogP contribution in [0.2, 0.25) is 0 Å². The van der Waals surface area contributed by atoms with Gasteiger partial charge in [-0.1, -0.05) is 25.1 Å². The molecule has 0 spiro atoms. The highest BCUT2D eigenvalue weighted by Crippen LogP contribution is 2.35. The Balaban J connectivity index is 2.60. The van der Waals surface area contributed by atoms with Gasteiger partial charge in [0, 0.05) is 23.3 Å². The standard InChI is InChI=1S/C16H24N4/c1-5-16(2,20(3)4)15(19-17)13-8-6-7-12-9-10-18-11-14(12)13/h6-11,15,19H,5,17H2,1-4H3. The van der Waals surface area contributed by atoms with Crippen LogP contribution in [-0.4, -0.2) is 29.5 Å². The molecule has 0 bridgehead atoms. The topological polar surface area (TPSA) is 54.2 Å². The van der Waals surface area contributed by atoms with Gasteiger partial charge >= 0.3 is 0 Å². The van der Waals surface area contributed by atoms with Gasteiger partial charge in [-0.15, -0.1) is 0 Å². The summed E-state index contributed by atoms with van der Waals surface area (Å²) in [5, 5.41) is 2.34. The summed E-state index contributed by atoms with van der Waals surface area (Å²) in [4.78, 5) is 6.49. The van der Waals surface area contributed by atoms with E-state index in [0.717, 1.165) is 11.8 Å². The Bertz CT molecular complexity index is 576. The molecular weight excluding hydrogens is 248 g/mol. The van der Waals surface area contributed by atoms with Gasteiger partial charge in [0.2, 0.25) is 0 Å². The zero-order chi connectivity index (χ0) is 14.8. The van der Waals surface area contributed by atoms with E-state index in [-0.39, 0.29) is 11.6 Å². The smallest absolute Gasteiger partial charge is 0.0647 e. The molecule has 108 valence electrons. The van der Waals surface area contributed by atoms with Gasteiger partial charge < -0.3 is 4.90 Å². The number of hydrogen-bond donors (Lipinski definition) is 2. The third kappa shape index (κ3) is 2.42. The predicted molar refractivity (Wildman–Crippen MR) is 84.2 cm³/mol.